The number of likely N-dealkylation sites (tertiary alicyclic amines) is 1. The van der Waals surface area contributed by atoms with Crippen LogP contribution in [0.1, 0.15) is 86.5 Å². The number of anilines is 1. The summed E-state index contributed by atoms with van der Waals surface area (Å²) in [6, 6.07) is 5.03. The third kappa shape index (κ3) is 10.3. The predicted octanol–water partition coefficient (Wildman–Crippen LogP) is 6.63. The van der Waals surface area contributed by atoms with Gasteiger partial charge in [0.05, 0.1) is 24.9 Å². The molecule has 60 heavy (non-hydrogen) atoms. The molecule has 2 aliphatic carbocycles. The molecule has 15 nitrogen and oxygen atoms in total. The molecule has 2 aromatic heterocycles. The molecule has 4 N–H and O–H groups in total. The Kier molecular flexibility index (Phi) is 13.4. The van der Waals surface area contributed by atoms with Gasteiger partial charge in [-0.3, -0.25) is 23.9 Å². The minimum atomic E-state index is -1.21. The molecule has 3 aliphatic rings. The lowest BCUT2D eigenvalue weighted by Gasteiger charge is -2.35. The largest absolute Gasteiger partial charge is 0.497 e. The first kappa shape index (κ1) is 44.6. The Morgan fingerprint density at radius 2 is 1.78 bits per heavy atom. The van der Waals surface area contributed by atoms with Crippen molar-refractivity contribution >= 4 is 69.0 Å². The molecular weight excluding hydrogens is 807 g/mol. The van der Waals surface area contributed by atoms with E-state index < -0.39 is 47.0 Å². The maximum absolute atomic E-state index is 14.8. The van der Waals surface area contributed by atoms with Crippen LogP contribution in [0, 0.1) is 16.7 Å². The highest BCUT2D eigenvalue weighted by atomic mass is 32.2. The van der Waals surface area contributed by atoms with Crippen LogP contribution in [0.4, 0.5) is 9.93 Å². The quantitative estimate of drug-likeness (QED) is 0.101. The minimum Gasteiger partial charge on any atom is -0.497 e. The van der Waals surface area contributed by atoms with Crippen molar-refractivity contribution in [2.24, 2.45) is 16.7 Å². The molecule has 1 aliphatic heterocycles. The number of carbonyl (C=O) groups is 5. The Morgan fingerprint density at radius 3 is 2.42 bits per heavy atom. The van der Waals surface area contributed by atoms with Gasteiger partial charge in [-0.25, -0.2) is 14.8 Å². The average Bonchev–Trinajstić information content (AvgIpc) is 3.59. The van der Waals surface area contributed by atoms with Crippen molar-refractivity contribution in [1.29, 1.82) is 0 Å². The summed E-state index contributed by atoms with van der Waals surface area (Å²) in [5, 5.41) is 11.6. The zero-order valence-corrected chi connectivity index (χ0v) is 37.3. The van der Waals surface area contributed by atoms with Crippen molar-refractivity contribution in [1.82, 2.24) is 30.2 Å². The standard InChI is InChI=1S/C43H57N7O8S2/c1-10-24-20-43(24,38(54)49-59-9)48-36(52)32-18-27(22-50(32)37(53)35(42(5,6)7)47-40(55)58-25-13-11-12-14-25)57-33-19-30(44-29-17-26(56-8)15-16-28(29)33)31-23-60-39(45-31)46-34(51)21-41(2,3)4/h10,15-17,19,23-25,27,32,35H,1,11-14,18,20-22H2,2-9H3,(H,47,55)(H,48,52)(H,49,54)(H,45,46,51)/t24?,27-,32+,35-,43-/m1/s1. The maximum Gasteiger partial charge on any atom is 0.408 e. The van der Waals surface area contributed by atoms with Gasteiger partial charge in [-0.1, -0.05) is 59.6 Å². The van der Waals surface area contributed by atoms with Gasteiger partial charge in [-0.15, -0.1) is 17.9 Å². The van der Waals surface area contributed by atoms with Gasteiger partial charge < -0.3 is 35.1 Å². The van der Waals surface area contributed by atoms with Gasteiger partial charge in [0.2, 0.25) is 17.7 Å². The van der Waals surface area contributed by atoms with Gasteiger partial charge in [0, 0.05) is 47.9 Å². The van der Waals surface area contributed by atoms with Crippen molar-refractivity contribution in [3.63, 3.8) is 0 Å². The summed E-state index contributed by atoms with van der Waals surface area (Å²) in [5.41, 5.74) is -0.643. The van der Waals surface area contributed by atoms with Crippen LogP contribution >= 0.6 is 23.3 Å². The SMILES string of the molecule is C=CC1C[C@]1(NC(=O)[C@@H]1C[C@@H](Oc2cc(-c3csc(NC(=O)CC(C)(C)C)n3)nc3cc(OC)ccc23)CN1C(=O)[C@@H](NC(=O)OC1CCCC1)C(C)(C)C)C(=O)NSC. The number of aromatic nitrogens is 2. The number of thiazole rings is 1. The van der Waals surface area contributed by atoms with Crippen molar-refractivity contribution in [3.05, 3.63) is 42.3 Å². The summed E-state index contributed by atoms with van der Waals surface area (Å²) in [6.45, 7) is 15.3. The van der Waals surface area contributed by atoms with E-state index in [9.17, 15) is 24.0 Å². The van der Waals surface area contributed by atoms with Gasteiger partial charge in [0.25, 0.3) is 5.91 Å². The number of rotatable bonds is 14. The number of alkyl carbamates (subject to hydrolysis) is 1. The monoisotopic (exact) mass is 863 g/mol. The molecule has 324 valence electrons. The van der Waals surface area contributed by atoms with E-state index in [-0.39, 0.29) is 42.2 Å². The second-order valence-electron chi connectivity index (χ2n) is 18.1. The molecule has 0 bridgehead atoms. The molecule has 1 unspecified atom stereocenters. The van der Waals surface area contributed by atoms with E-state index in [1.54, 1.807) is 43.0 Å². The first-order valence-electron chi connectivity index (χ1n) is 20.3. The van der Waals surface area contributed by atoms with E-state index in [1.807, 2.05) is 47.6 Å². The molecule has 1 saturated heterocycles. The Bertz CT molecular complexity index is 2130. The number of ether oxygens (including phenoxy) is 3. The number of nitrogens with one attached hydrogen (secondary N) is 4. The van der Waals surface area contributed by atoms with Crippen LogP contribution in [0.5, 0.6) is 11.5 Å². The minimum absolute atomic E-state index is 0.00624. The van der Waals surface area contributed by atoms with Crippen molar-refractivity contribution in [2.75, 3.05) is 25.2 Å². The number of fused-ring (bicyclic) bond motifs is 1. The lowest BCUT2D eigenvalue weighted by Crippen LogP contribution is -2.59. The van der Waals surface area contributed by atoms with E-state index in [2.05, 4.69) is 32.2 Å². The van der Waals surface area contributed by atoms with E-state index >= 15 is 0 Å². The van der Waals surface area contributed by atoms with E-state index in [0.29, 0.717) is 51.8 Å². The Labute approximate surface area is 359 Å². The fraction of sp³-hybridized carbons (Fsp3) is 0.558. The van der Waals surface area contributed by atoms with Crippen molar-refractivity contribution in [2.45, 2.75) is 116 Å². The Hall–Kier alpha value is -4.90. The highest BCUT2D eigenvalue weighted by Crippen LogP contribution is 2.45. The smallest absolute Gasteiger partial charge is 0.408 e. The molecule has 3 fully saturated rings. The number of nitrogens with zero attached hydrogens (tertiary/aromatic N) is 3. The molecular formula is C43H57N7O8S2. The molecule has 5 atom stereocenters. The summed E-state index contributed by atoms with van der Waals surface area (Å²) in [6.07, 6.45) is 6.00. The lowest BCUT2D eigenvalue weighted by molar-refractivity contribution is -0.143. The van der Waals surface area contributed by atoms with Gasteiger partial charge in [0.15, 0.2) is 5.13 Å². The maximum atomic E-state index is 14.8. The first-order valence-corrected chi connectivity index (χ1v) is 22.4. The Morgan fingerprint density at radius 1 is 1.05 bits per heavy atom. The molecule has 6 rings (SSSR count). The normalized spacial score (nSPS) is 22.1. The highest BCUT2D eigenvalue weighted by molar-refractivity contribution is 7.97. The molecule has 5 amide bonds. The number of pyridine rings is 1. The first-order chi connectivity index (χ1) is 28.3. The van der Waals surface area contributed by atoms with Crippen LogP contribution in [0.3, 0.4) is 0 Å². The number of hydrogen-bond acceptors (Lipinski definition) is 12. The predicted molar refractivity (Wildman–Crippen MR) is 233 cm³/mol. The Balaban J connectivity index is 1.32. The van der Waals surface area contributed by atoms with Crippen LogP contribution in [0.15, 0.2) is 42.3 Å². The zero-order valence-electron chi connectivity index (χ0n) is 35.6. The van der Waals surface area contributed by atoms with Gasteiger partial charge in [-0.05, 0) is 55.1 Å². The second-order valence-corrected chi connectivity index (χ2v) is 19.6. The molecule has 3 heterocycles. The van der Waals surface area contributed by atoms with Gasteiger partial charge in [-0.2, -0.15) is 0 Å². The average molecular weight is 864 g/mol. The third-order valence-corrected chi connectivity index (χ3v) is 12.2. The van der Waals surface area contributed by atoms with Gasteiger partial charge >= 0.3 is 6.09 Å². The third-order valence-electron chi connectivity index (χ3n) is 11.0. The number of methoxy groups -OCH3 is 1. The topological polar surface area (TPSA) is 190 Å². The molecule has 17 heteroatoms. The molecule has 1 aromatic carbocycles. The number of hydrogen-bond donors (Lipinski definition) is 4. The van der Waals surface area contributed by atoms with Crippen LogP contribution in [-0.4, -0.2) is 94.3 Å². The highest BCUT2D eigenvalue weighted by Gasteiger charge is 2.61. The van der Waals surface area contributed by atoms with E-state index in [0.717, 1.165) is 37.6 Å². The number of amides is 5. The van der Waals surface area contributed by atoms with Crippen molar-refractivity contribution in [3.8, 4) is 22.9 Å². The lowest BCUT2D eigenvalue weighted by atomic mass is 9.85. The second kappa shape index (κ2) is 18.0. The summed E-state index contributed by atoms with van der Waals surface area (Å²) in [4.78, 5) is 79.4. The summed E-state index contributed by atoms with van der Waals surface area (Å²) in [5.74, 6) is -0.796. The van der Waals surface area contributed by atoms with Crippen LogP contribution in [0.2, 0.25) is 0 Å². The molecule has 0 radical (unpaired) electrons. The molecule has 2 saturated carbocycles. The summed E-state index contributed by atoms with van der Waals surface area (Å²) < 4.78 is 20.7. The van der Waals surface area contributed by atoms with Crippen molar-refractivity contribution < 1.29 is 38.2 Å². The van der Waals surface area contributed by atoms with Gasteiger partial charge in [0.1, 0.15) is 47.0 Å². The fourth-order valence-corrected chi connectivity index (χ4v) is 8.91. The summed E-state index contributed by atoms with van der Waals surface area (Å²) in [7, 11) is 1.56. The molecule has 3 aromatic rings. The van der Waals surface area contributed by atoms with E-state index in [1.165, 1.54) is 16.2 Å². The summed E-state index contributed by atoms with van der Waals surface area (Å²) >= 11 is 2.41. The van der Waals surface area contributed by atoms with Crippen LogP contribution in [0.25, 0.3) is 22.3 Å². The number of benzene rings is 1. The van der Waals surface area contributed by atoms with E-state index in [4.69, 9.17) is 19.2 Å². The number of carbonyl (C=O) groups excluding carboxylic acids is 5. The van der Waals surface area contributed by atoms with Crippen LogP contribution in [-0.2, 0) is 23.9 Å². The fourth-order valence-electron chi connectivity index (χ4n) is 7.83. The zero-order chi connectivity index (χ0) is 43.6. The van der Waals surface area contributed by atoms with Crippen LogP contribution < -0.4 is 30.1 Å². The molecule has 0 spiro atoms.